The minimum absolute atomic E-state index is 0.300. The van der Waals surface area contributed by atoms with Crippen LogP contribution in [0, 0.1) is 0 Å². The number of amides is 1. The normalized spacial score (nSPS) is 11.3. The van der Waals surface area contributed by atoms with Crippen LogP contribution in [0.25, 0.3) is 11.1 Å². The Morgan fingerprint density at radius 1 is 1.05 bits per heavy atom. The highest BCUT2D eigenvalue weighted by Gasteiger charge is 2.32. The first-order valence-corrected chi connectivity index (χ1v) is 5.31. The van der Waals surface area contributed by atoms with Crippen LogP contribution >= 0.6 is 0 Å². The van der Waals surface area contributed by atoms with Crippen LogP contribution in [0.2, 0.25) is 0 Å². The fourth-order valence-corrected chi connectivity index (χ4v) is 1.59. The van der Waals surface area contributed by atoms with Gasteiger partial charge in [-0.05, 0) is 35.4 Å². The summed E-state index contributed by atoms with van der Waals surface area (Å²) in [5.41, 5.74) is 5.36. The number of primary amides is 1. The van der Waals surface area contributed by atoms with Crippen LogP contribution < -0.4 is 5.73 Å². The van der Waals surface area contributed by atoms with Crippen molar-refractivity contribution in [1.29, 1.82) is 0 Å². The third-order valence-corrected chi connectivity index (χ3v) is 2.55. The van der Waals surface area contributed by atoms with E-state index in [9.17, 15) is 18.0 Å². The summed E-state index contributed by atoms with van der Waals surface area (Å²) in [4.78, 5) is 14.2. The number of hydrogen-bond acceptors (Lipinski definition) is 2. The van der Waals surface area contributed by atoms with Gasteiger partial charge in [0.2, 0.25) is 5.91 Å². The summed E-state index contributed by atoms with van der Waals surface area (Å²) in [5, 5.41) is 0. The predicted molar refractivity (Wildman–Crippen MR) is 63.2 cm³/mol. The zero-order valence-corrected chi connectivity index (χ0v) is 9.61. The smallest absolute Gasteiger partial charge is 0.366 e. The van der Waals surface area contributed by atoms with Crippen LogP contribution in [0.3, 0.4) is 0 Å². The van der Waals surface area contributed by atoms with Crippen molar-refractivity contribution in [2.45, 2.75) is 6.18 Å². The molecule has 0 aliphatic carbocycles. The molecule has 2 aromatic rings. The van der Waals surface area contributed by atoms with Gasteiger partial charge in [-0.15, -0.1) is 0 Å². The van der Waals surface area contributed by atoms with Crippen molar-refractivity contribution in [3.63, 3.8) is 0 Å². The number of carbonyl (C=O) groups is 1. The molecule has 0 saturated heterocycles. The molecular formula is C13H9F3N2O. The summed E-state index contributed by atoms with van der Waals surface area (Å²) in [6, 6.07) is 8.43. The van der Waals surface area contributed by atoms with Crippen molar-refractivity contribution in [2.75, 3.05) is 0 Å². The second kappa shape index (κ2) is 4.72. The van der Waals surface area contributed by atoms with Gasteiger partial charge < -0.3 is 5.73 Å². The highest BCUT2D eigenvalue weighted by Crippen LogP contribution is 2.30. The Labute approximate surface area is 106 Å². The van der Waals surface area contributed by atoms with Gasteiger partial charge in [0.05, 0.1) is 0 Å². The molecule has 0 saturated carbocycles. The van der Waals surface area contributed by atoms with Gasteiger partial charge in [-0.1, -0.05) is 12.1 Å². The second-order valence-electron chi connectivity index (χ2n) is 3.87. The van der Waals surface area contributed by atoms with Crippen molar-refractivity contribution in [3.05, 3.63) is 53.9 Å². The topological polar surface area (TPSA) is 56.0 Å². The molecule has 6 heteroatoms. The van der Waals surface area contributed by atoms with E-state index in [1.165, 1.54) is 30.3 Å². The van der Waals surface area contributed by atoms with E-state index in [1.807, 2.05) is 0 Å². The molecule has 2 rings (SSSR count). The minimum atomic E-state index is -4.48. The first-order chi connectivity index (χ1) is 8.88. The van der Waals surface area contributed by atoms with E-state index in [1.54, 1.807) is 0 Å². The second-order valence-corrected chi connectivity index (χ2v) is 3.87. The summed E-state index contributed by atoms with van der Waals surface area (Å²) in [6.07, 6.45) is -3.39. The molecule has 2 N–H and O–H groups in total. The Morgan fingerprint density at radius 3 is 2.21 bits per heavy atom. The van der Waals surface area contributed by atoms with Gasteiger partial charge in [0.1, 0.15) is 5.69 Å². The molecule has 0 radical (unpaired) electrons. The molecule has 0 bridgehead atoms. The molecule has 3 nitrogen and oxygen atoms in total. The maximum Gasteiger partial charge on any atom is 0.433 e. The zero-order valence-electron chi connectivity index (χ0n) is 9.61. The van der Waals surface area contributed by atoms with Crippen LogP contribution in [0.1, 0.15) is 16.1 Å². The van der Waals surface area contributed by atoms with Crippen molar-refractivity contribution < 1.29 is 18.0 Å². The quantitative estimate of drug-likeness (QED) is 0.908. The van der Waals surface area contributed by atoms with Crippen LogP contribution in [0.5, 0.6) is 0 Å². The zero-order chi connectivity index (χ0) is 14.0. The predicted octanol–water partition coefficient (Wildman–Crippen LogP) is 2.87. The Balaban J connectivity index is 2.39. The number of pyridine rings is 1. The maximum absolute atomic E-state index is 12.5. The number of rotatable bonds is 2. The number of hydrogen-bond donors (Lipinski definition) is 1. The number of nitrogens with zero attached hydrogens (tertiary/aromatic N) is 1. The minimum Gasteiger partial charge on any atom is -0.366 e. The van der Waals surface area contributed by atoms with Crippen LogP contribution in [-0.4, -0.2) is 10.9 Å². The summed E-state index contributed by atoms with van der Waals surface area (Å²) >= 11 is 0. The summed E-state index contributed by atoms with van der Waals surface area (Å²) in [5.74, 6) is -0.586. The van der Waals surface area contributed by atoms with E-state index in [-0.39, 0.29) is 0 Å². The van der Waals surface area contributed by atoms with Gasteiger partial charge in [-0.2, -0.15) is 13.2 Å². The SMILES string of the molecule is NC(=O)c1ccc(-c2ccnc(C(F)(F)F)c2)cc1. The van der Waals surface area contributed by atoms with E-state index >= 15 is 0 Å². The van der Waals surface area contributed by atoms with Crippen LogP contribution in [0.15, 0.2) is 42.6 Å². The first kappa shape index (κ1) is 13.1. The van der Waals surface area contributed by atoms with E-state index < -0.39 is 17.8 Å². The fraction of sp³-hybridized carbons (Fsp3) is 0.0769. The molecule has 1 aromatic carbocycles. The maximum atomic E-state index is 12.5. The standard InChI is InChI=1S/C13H9F3N2O/c14-13(15,16)11-7-10(5-6-18-11)8-1-3-9(4-2-8)12(17)19/h1-7H,(H2,17,19). The number of halogens is 3. The lowest BCUT2D eigenvalue weighted by atomic mass is 10.0. The Morgan fingerprint density at radius 2 is 1.68 bits per heavy atom. The van der Waals surface area contributed by atoms with Crippen molar-refractivity contribution in [1.82, 2.24) is 4.98 Å². The largest absolute Gasteiger partial charge is 0.433 e. The molecule has 1 amide bonds. The highest BCUT2D eigenvalue weighted by molar-refractivity contribution is 5.93. The molecule has 0 atom stereocenters. The monoisotopic (exact) mass is 266 g/mol. The third-order valence-electron chi connectivity index (χ3n) is 2.55. The van der Waals surface area contributed by atoms with E-state index in [0.717, 1.165) is 12.3 Å². The molecule has 1 heterocycles. The molecule has 0 aliphatic heterocycles. The van der Waals surface area contributed by atoms with Gasteiger partial charge in [0.25, 0.3) is 0 Å². The third kappa shape index (κ3) is 2.90. The number of carbonyl (C=O) groups excluding carboxylic acids is 1. The van der Waals surface area contributed by atoms with Gasteiger partial charge >= 0.3 is 6.18 Å². The summed E-state index contributed by atoms with van der Waals surface area (Å²) < 4.78 is 37.6. The van der Waals surface area contributed by atoms with Crippen LogP contribution in [-0.2, 0) is 6.18 Å². The van der Waals surface area contributed by atoms with Gasteiger partial charge in [-0.3, -0.25) is 9.78 Å². The number of nitrogens with two attached hydrogens (primary N) is 1. The van der Waals surface area contributed by atoms with Crippen molar-refractivity contribution >= 4 is 5.91 Å². The molecule has 0 fully saturated rings. The lowest BCUT2D eigenvalue weighted by Gasteiger charge is -2.08. The number of alkyl halides is 3. The summed E-state index contributed by atoms with van der Waals surface area (Å²) in [6.45, 7) is 0. The molecule has 0 unspecified atom stereocenters. The van der Waals surface area contributed by atoms with E-state index in [2.05, 4.69) is 4.98 Å². The van der Waals surface area contributed by atoms with Gasteiger partial charge in [0, 0.05) is 11.8 Å². The van der Waals surface area contributed by atoms with Crippen LogP contribution in [0.4, 0.5) is 13.2 Å². The number of benzene rings is 1. The summed E-state index contributed by atoms with van der Waals surface area (Å²) in [7, 11) is 0. The van der Waals surface area contributed by atoms with Gasteiger partial charge in [0.15, 0.2) is 0 Å². The molecule has 19 heavy (non-hydrogen) atoms. The average molecular weight is 266 g/mol. The Bertz CT molecular complexity index is 606. The molecule has 98 valence electrons. The molecular weight excluding hydrogens is 257 g/mol. The molecule has 1 aromatic heterocycles. The van der Waals surface area contributed by atoms with E-state index in [4.69, 9.17) is 5.73 Å². The first-order valence-electron chi connectivity index (χ1n) is 5.31. The fourth-order valence-electron chi connectivity index (χ4n) is 1.59. The van der Waals surface area contributed by atoms with Crippen molar-refractivity contribution in [2.24, 2.45) is 5.73 Å². The highest BCUT2D eigenvalue weighted by atomic mass is 19.4. The average Bonchev–Trinajstić information content (AvgIpc) is 2.38. The lowest BCUT2D eigenvalue weighted by molar-refractivity contribution is -0.141. The number of aromatic nitrogens is 1. The Kier molecular flexibility index (Phi) is 3.25. The Hall–Kier alpha value is -2.37. The van der Waals surface area contributed by atoms with Gasteiger partial charge in [-0.25, -0.2) is 0 Å². The molecule has 0 spiro atoms. The van der Waals surface area contributed by atoms with E-state index in [0.29, 0.717) is 16.7 Å². The van der Waals surface area contributed by atoms with Crippen molar-refractivity contribution in [3.8, 4) is 11.1 Å². The molecule has 0 aliphatic rings. The lowest BCUT2D eigenvalue weighted by Crippen LogP contribution is -2.10.